The Balaban J connectivity index is 3.02. The average molecular weight is 219 g/mol. The summed E-state index contributed by atoms with van der Waals surface area (Å²) in [5.74, 6) is 0.688. The number of rotatable bonds is 4. The van der Waals surface area contributed by atoms with Gasteiger partial charge in [-0.15, -0.1) is 0 Å². The van der Waals surface area contributed by atoms with E-state index in [2.05, 4.69) is 0 Å². The van der Waals surface area contributed by atoms with Crippen molar-refractivity contribution in [3.8, 4) is 11.8 Å². The molecule has 0 fully saturated rings. The third-order valence-electron chi connectivity index (χ3n) is 2.73. The number of ether oxygens (including phenoxy) is 1. The van der Waals surface area contributed by atoms with Crippen LogP contribution in [0.5, 0.6) is 5.75 Å². The second-order valence-corrected chi connectivity index (χ2v) is 3.89. The van der Waals surface area contributed by atoms with Crippen molar-refractivity contribution in [1.29, 1.82) is 5.26 Å². The number of aliphatic hydroxyl groups excluding tert-OH is 1. The van der Waals surface area contributed by atoms with E-state index < -0.39 is 6.10 Å². The third kappa shape index (κ3) is 2.74. The number of benzene rings is 1. The first-order chi connectivity index (χ1) is 7.60. The molecule has 0 aliphatic rings. The fourth-order valence-electron chi connectivity index (χ4n) is 1.61. The van der Waals surface area contributed by atoms with Gasteiger partial charge < -0.3 is 9.84 Å². The first-order valence-corrected chi connectivity index (χ1v) is 5.30. The lowest BCUT2D eigenvalue weighted by Crippen LogP contribution is -2.02. The molecule has 1 aromatic rings. The van der Waals surface area contributed by atoms with E-state index in [0.717, 1.165) is 16.7 Å². The van der Waals surface area contributed by atoms with Crippen LogP contribution in [-0.2, 0) is 0 Å². The maximum absolute atomic E-state index is 9.95. The van der Waals surface area contributed by atoms with Gasteiger partial charge in [-0.25, -0.2) is 0 Å². The van der Waals surface area contributed by atoms with Gasteiger partial charge in [-0.1, -0.05) is 0 Å². The minimum absolute atomic E-state index is 0.344. The summed E-state index contributed by atoms with van der Waals surface area (Å²) in [4.78, 5) is 0. The Morgan fingerprint density at radius 1 is 1.38 bits per heavy atom. The second-order valence-electron chi connectivity index (χ2n) is 3.89. The van der Waals surface area contributed by atoms with Crippen LogP contribution in [0, 0.1) is 25.2 Å². The molecule has 0 aliphatic heterocycles. The minimum Gasteiger partial charge on any atom is -0.496 e. The van der Waals surface area contributed by atoms with Crippen molar-refractivity contribution in [3.05, 3.63) is 28.8 Å². The predicted molar refractivity (Wildman–Crippen MR) is 62.3 cm³/mol. The van der Waals surface area contributed by atoms with Crippen LogP contribution >= 0.6 is 0 Å². The molecule has 0 radical (unpaired) electrons. The maximum atomic E-state index is 9.95. The normalized spacial score (nSPS) is 11.9. The molecule has 0 saturated carbocycles. The maximum Gasteiger partial charge on any atom is 0.124 e. The summed E-state index contributed by atoms with van der Waals surface area (Å²) in [5.41, 5.74) is 3.01. The van der Waals surface area contributed by atoms with Crippen LogP contribution in [0.4, 0.5) is 0 Å². The molecule has 1 rings (SSSR count). The molecule has 16 heavy (non-hydrogen) atoms. The monoisotopic (exact) mass is 219 g/mol. The van der Waals surface area contributed by atoms with Gasteiger partial charge in [0, 0.05) is 12.0 Å². The fraction of sp³-hybridized carbons (Fsp3) is 0.462. The van der Waals surface area contributed by atoms with Gasteiger partial charge in [0.05, 0.1) is 19.3 Å². The molecule has 0 bridgehead atoms. The number of nitriles is 1. The summed E-state index contributed by atoms with van der Waals surface area (Å²) >= 11 is 0. The van der Waals surface area contributed by atoms with Crippen LogP contribution in [0.2, 0.25) is 0 Å². The molecule has 3 nitrogen and oxygen atoms in total. The van der Waals surface area contributed by atoms with Gasteiger partial charge in [0.25, 0.3) is 0 Å². The average Bonchev–Trinajstić information content (AvgIpc) is 2.28. The SMILES string of the molecule is COc1cc(C)c(C)cc1C(O)CCC#N. The van der Waals surface area contributed by atoms with Gasteiger partial charge in [0.2, 0.25) is 0 Å². The van der Waals surface area contributed by atoms with Crippen molar-refractivity contribution < 1.29 is 9.84 Å². The molecule has 1 atom stereocenters. The molecule has 1 aromatic carbocycles. The molecule has 1 unspecified atom stereocenters. The minimum atomic E-state index is -0.631. The van der Waals surface area contributed by atoms with Crippen LogP contribution in [0.3, 0.4) is 0 Å². The van der Waals surface area contributed by atoms with Gasteiger partial charge in [-0.2, -0.15) is 5.26 Å². The molecule has 0 aliphatic carbocycles. The number of hydrogen-bond donors (Lipinski definition) is 1. The molecular formula is C13H17NO2. The van der Waals surface area contributed by atoms with Gasteiger partial charge in [-0.3, -0.25) is 0 Å². The van der Waals surface area contributed by atoms with E-state index >= 15 is 0 Å². The Kier molecular flexibility index (Phi) is 4.33. The number of aliphatic hydroxyl groups is 1. The molecule has 3 heteroatoms. The van der Waals surface area contributed by atoms with E-state index in [4.69, 9.17) is 10.00 Å². The third-order valence-corrected chi connectivity index (χ3v) is 2.73. The lowest BCUT2D eigenvalue weighted by atomic mass is 9.99. The molecule has 0 aromatic heterocycles. The number of hydrogen-bond acceptors (Lipinski definition) is 3. The predicted octanol–water partition coefficient (Wildman–Crippen LogP) is 2.65. The largest absolute Gasteiger partial charge is 0.496 e. The van der Waals surface area contributed by atoms with E-state index in [1.807, 2.05) is 32.0 Å². The molecule has 0 amide bonds. The molecule has 86 valence electrons. The summed E-state index contributed by atoms with van der Waals surface area (Å²) in [6.45, 7) is 4.00. The number of methoxy groups -OCH3 is 1. The van der Waals surface area contributed by atoms with E-state index in [1.54, 1.807) is 7.11 Å². The Labute approximate surface area is 96.3 Å². The Bertz CT molecular complexity index is 407. The highest BCUT2D eigenvalue weighted by atomic mass is 16.5. The van der Waals surface area contributed by atoms with E-state index in [-0.39, 0.29) is 0 Å². The molecule has 1 N–H and O–H groups in total. The fourth-order valence-corrected chi connectivity index (χ4v) is 1.61. The highest BCUT2D eigenvalue weighted by molar-refractivity contribution is 5.42. The van der Waals surface area contributed by atoms with Crippen molar-refractivity contribution in [3.63, 3.8) is 0 Å². The summed E-state index contributed by atoms with van der Waals surface area (Å²) in [6.07, 6.45) is 0.154. The topological polar surface area (TPSA) is 53.2 Å². The quantitative estimate of drug-likeness (QED) is 0.847. The van der Waals surface area contributed by atoms with Gasteiger partial charge in [0.1, 0.15) is 5.75 Å². The second kappa shape index (κ2) is 5.53. The Hall–Kier alpha value is -1.53. The van der Waals surface area contributed by atoms with Gasteiger partial charge in [-0.05, 0) is 43.5 Å². The van der Waals surface area contributed by atoms with Crippen LogP contribution in [-0.4, -0.2) is 12.2 Å². The summed E-state index contributed by atoms with van der Waals surface area (Å²) in [5, 5.41) is 18.4. The first kappa shape index (κ1) is 12.5. The van der Waals surface area contributed by atoms with Crippen molar-refractivity contribution >= 4 is 0 Å². The summed E-state index contributed by atoms with van der Waals surface area (Å²) in [6, 6.07) is 5.87. The summed E-state index contributed by atoms with van der Waals surface area (Å²) in [7, 11) is 1.59. The van der Waals surface area contributed by atoms with Crippen molar-refractivity contribution in [2.45, 2.75) is 32.8 Å². The van der Waals surface area contributed by atoms with Crippen LogP contribution < -0.4 is 4.74 Å². The van der Waals surface area contributed by atoms with Crippen LogP contribution in [0.1, 0.15) is 35.6 Å². The van der Waals surface area contributed by atoms with E-state index in [1.165, 1.54) is 0 Å². The van der Waals surface area contributed by atoms with Crippen LogP contribution in [0.15, 0.2) is 12.1 Å². The van der Waals surface area contributed by atoms with Crippen molar-refractivity contribution in [2.24, 2.45) is 0 Å². The molecule has 0 heterocycles. The van der Waals surface area contributed by atoms with Crippen LogP contribution in [0.25, 0.3) is 0 Å². The lowest BCUT2D eigenvalue weighted by Gasteiger charge is -2.15. The molecule has 0 spiro atoms. The Morgan fingerprint density at radius 3 is 2.56 bits per heavy atom. The summed E-state index contributed by atoms with van der Waals surface area (Å²) < 4.78 is 5.24. The van der Waals surface area contributed by atoms with E-state index in [0.29, 0.717) is 18.6 Å². The zero-order chi connectivity index (χ0) is 12.1. The smallest absolute Gasteiger partial charge is 0.124 e. The number of aryl methyl sites for hydroxylation is 2. The van der Waals surface area contributed by atoms with E-state index in [9.17, 15) is 5.11 Å². The van der Waals surface area contributed by atoms with Crippen molar-refractivity contribution in [2.75, 3.05) is 7.11 Å². The van der Waals surface area contributed by atoms with Crippen molar-refractivity contribution in [1.82, 2.24) is 0 Å². The van der Waals surface area contributed by atoms with Gasteiger partial charge in [0.15, 0.2) is 0 Å². The lowest BCUT2D eigenvalue weighted by molar-refractivity contribution is 0.165. The Morgan fingerprint density at radius 2 is 2.00 bits per heavy atom. The standard InChI is InChI=1S/C13H17NO2/c1-9-7-11(12(15)5-4-6-14)13(16-3)8-10(9)2/h7-8,12,15H,4-5H2,1-3H3. The number of nitrogens with zero attached hydrogens (tertiary/aromatic N) is 1. The molecular weight excluding hydrogens is 202 g/mol. The first-order valence-electron chi connectivity index (χ1n) is 5.30. The highest BCUT2D eigenvalue weighted by Crippen LogP contribution is 2.30. The molecule has 0 saturated heterocycles. The highest BCUT2D eigenvalue weighted by Gasteiger charge is 2.14. The van der Waals surface area contributed by atoms with Gasteiger partial charge >= 0.3 is 0 Å². The zero-order valence-electron chi connectivity index (χ0n) is 9.95. The zero-order valence-corrected chi connectivity index (χ0v) is 9.95.